The van der Waals surface area contributed by atoms with E-state index < -0.39 is 6.10 Å². The molecule has 1 amide bonds. The van der Waals surface area contributed by atoms with E-state index in [1.165, 1.54) is 0 Å². The zero-order chi connectivity index (χ0) is 12.5. The van der Waals surface area contributed by atoms with Crippen molar-refractivity contribution in [2.75, 3.05) is 6.54 Å². The van der Waals surface area contributed by atoms with E-state index in [0.29, 0.717) is 6.42 Å². The Labute approximate surface area is 106 Å². The molecule has 3 rings (SSSR count). The molecule has 1 saturated heterocycles. The number of nitrogens with one attached hydrogen (secondary N) is 2. The van der Waals surface area contributed by atoms with Crippen LogP contribution in [0.4, 0.5) is 0 Å². The fraction of sp³-hybridized carbons (Fsp3) is 0.500. The van der Waals surface area contributed by atoms with E-state index in [1.54, 1.807) is 0 Å². The Morgan fingerprint density at radius 3 is 3.00 bits per heavy atom. The van der Waals surface area contributed by atoms with E-state index in [2.05, 4.69) is 10.6 Å². The molecular formula is C14H18N2O2. The molecule has 0 radical (unpaired) electrons. The molecule has 1 aromatic carbocycles. The van der Waals surface area contributed by atoms with Crippen LogP contribution in [0.2, 0.25) is 0 Å². The number of aliphatic hydroxyl groups is 1. The Hall–Kier alpha value is -1.39. The van der Waals surface area contributed by atoms with Crippen molar-refractivity contribution >= 4 is 5.91 Å². The van der Waals surface area contributed by atoms with E-state index in [9.17, 15) is 9.90 Å². The van der Waals surface area contributed by atoms with Crippen LogP contribution in [0.1, 0.15) is 30.0 Å². The maximum Gasteiger partial charge on any atom is 0.237 e. The minimum atomic E-state index is -0.507. The van der Waals surface area contributed by atoms with Crippen LogP contribution in [-0.2, 0) is 11.2 Å². The Bertz CT molecular complexity index is 455. The highest BCUT2D eigenvalue weighted by molar-refractivity contribution is 5.82. The summed E-state index contributed by atoms with van der Waals surface area (Å²) in [5.74, 6) is 0.00764. The first-order chi connectivity index (χ1) is 8.75. The van der Waals surface area contributed by atoms with Gasteiger partial charge in [-0.25, -0.2) is 0 Å². The normalized spacial score (nSPS) is 30.2. The second kappa shape index (κ2) is 4.71. The summed E-state index contributed by atoms with van der Waals surface area (Å²) in [6.07, 6.45) is 2.05. The van der Waals surface area contributed by atoms with Gasteiger partial charge in [-0.3, -0.25) is 4.79 Å². The summed E-state index contributed by atoms with van der Waals surface area (Å²) >= 11 is 0. The van der Waals surface area contributed by atoms with Gasteiger partial charge in [0.1, 0.15) is 0 Å². The summed E-state index contributed by atoms with van der Waals surface area (Å²) < 4.78 is 0. The van der Waals surface area contributed by atoms with Gasteiger partial charge in [0.2, 0.25) is 5.91 Å². The molecule has 4 heteroatoms. The molecular weight excluding hydrogens is 228 g/mol. The van der Waals surface area contributed by atoms with Crippen LogP contribution in [0.3, 0.4) is 0 Å². The third-order valence-electron chi connectivity index (χ3n) is 3.88. The Balaban J connectivity index is 1.74. The van der Waals surface area contributed by atoms with Crippen molar-refractivity contribution in [2.24, 2.45) is 0 Å². The highest BCUT2D eigenvalue weighted by Gasteiger charge is 2.33. The van der Waals surface area contributed by atoms with Crippen LogP contribution >= 0.6 is 0 Å². The Morgan fingerprint density at radius 1 is 1.39 bits per heavy atom. The van der Waals surface area contributed by atoms with Crippen LogP contribution in [-0.4, -0.2) is 29.7 Å². The number of hydrogen-bond acceptors (Lipinski definition) is 3. The molecule has 3 unspecified atom stereocenters. The van der Waals surface area contributed by atoms with Gasteiger partial charge >= 0.3 is 0 Å². The molecule has 3 atom stereocenters. The molecule has 0 aromatic heterocycles. The van der Waals surface area contributed by atoms with Crippen LogP contribution in [0.5, 0.6) is 0 Å². The van der Waals surface area contributed by atoms with Gasteiger partial charge in [0, 0.05) is 6.42 Å². The van der Waals surface area contributed by atoms with Gasteiger partial charge in [-0.1, -0.05) is 24.3 Å². The molecule has 1 fully saturated rings. The van der Waals surface area contributed by atoms with Gasteiger partial charge in [0.25, 0.3) is 0 Å². The number of fused-ring (bicyclic) bond motifs is 1. The van der Waals surface area contributed by atoms with Crippen molar-refractivity contribution in [3.05, 3.63) is 35.4 Å². The summed E-state index contributed by atoms with van der Waals surface area (Å²) in [5, 5.41) is 16.2. The van der Waals surface area contributed by atoms with Crippen LogP contribution < -0.4 is 10.6 Å². The molecule has 1 aliphatic heterocycles. The minimum absolute atomic E-state index is 0.00764. The van der Waals surface area contributed by atoms with E-state index >= 15 is 0 Å². The maximum atomic E-state index is 12.1. The summed E-state index contributed by atoms with van der Waals surface area (Å²) in [7, 11) is 0. The first-order valence-corrected chi connectivity index (χ1v) is 6.55. The summed E-state index contributed by atoms with van der Waals surface area (Å²) in [6.45, 7) is 0.905. The first kappa shape index (κ1) is 11.7. The lowest BCUT2D eigenvalue weighted by molar-refractivity contribution is -0.124. The molecule has 1 aromatic rings. The largest absolute Gasteiger partial charge is 0.390 e. The number of aliphatic hydroxyl groups excluding tert-OH is 1. The van der Waals surface area contributed by atoms with Crippen molar-refractivity contribution in [1.82, 2.24) is 10.6 Å². The number of rotatable bonds is 2. The summed E-state index contributed by atoms with van der Waals surface area (Å²) in [6, 6.07) is 7.57. The van der Waals surface area contributed by atoms with Gasteiger partial charge in [0.05, 0.1) is 18.2 Å². The standard InChI is InChI=1S/C14H18N2O2/c17-12-8-9-4-1-2-5-10(9)13(12)16-14(18)11-6-3-7-15-11/h1-2,4-5,11-13,15,17H,3,6-8H2,(H,16,18). The quantitative estimate of drug-likeness (QED) is 0.712. The molecule has 18 heavy (non-hydrogen) atoms. The Kier molecular flexibility index (Phi) is 3.06. The minimum Gasteiger partial charge on any atom is -0.390 e. The number of benzene rings is 1. The second-order valence-electron chi connectivity index (χ2n) is 5.11. The number of hydrogen-bond donors (Lipinski definition) is 3. The average Bonchev–Trinajstić information content (AvgIpc) is 2.98. The SMILES string of the molecule is O=C(NC1c2ccccc2CC1O)C1CCCN1. The summed E-state index contributed by atoms with van der Waals surface area (Å²) in [5.41, 5.74) is 2.19. The third-order valence-corrected chi connectivity index (χ3v) is 3.88. The fourth-order valence-corrected chi connectivity index (χ4v) is 2.91. The van der Waals surface area contributed by atoms with E-state index in [4.69, 9.17) is 0 Å². The summed E-state index contributed by atoms with van der Waals surface area (Å²) in [4.78, 5) is 12.1. The van der Waals surface area contributed by atoms with Crippen molar-refractivity contribution in [3.8, 4) is 0 Å². The number of amides is 1. The van der Waals surface area contributed by atoms with Gasteiger partial charge in [-0.2, -0.15) is 0 Å². The smallest absolute Gasteiger partial charge is 0.237 e. The third kappa shape index (κ3) is 2.02. The van der Waals surface area contributed by atoms with Crippen molar-refractivity contribution in [1.29, 1.82) is 0 Å². The van der Waals surface area contributed by atoms with Gasteiger partial charge < -0.3 is 15.7 Å². The maximum absolute atomic E-state index is 12.1. The van der Waals surface area contributed by atoms with E-state index in [-0.39, 0.29) is 18.0 Å². The monoisotopic (exact) mass is 246 g/mol. The number of carbonyl (C=O) groups excluding carboxylic acids is 1. The number of carbonyl (C=O) groups is 1. The van der Waals surface area contributed by atoms with Crippen molar-refractivity contribution in [2.45, 2.75) is 37.5 Å². The molecule has 2 aliphatic rings. The van der Waals surface area contributed by atoms with E-state index in [1.807, 2.05) is 24.3 Å². The molecule has 4 nitrogen and oxygen atoms in total. The van der Waals surface area contributed by atoms with Gasteiger partial charge in [-0.05, 0) is 30.5 Å². The molecule has 0 bridgehead atoms. The molecule has 0 spiro atoms. The molecule has 3 N–H and O–H groups in total. The average molecular weight is 246 g/mol. The lowest BCUT2D eigenvalue weighted by atomic mass is 10.1. The zero-order valence-electron chi connectivity index (χ0n) is 10.2. The Morgan fingerprint density at radius 2 is 2.22 bits per heavy atom. The highest BCUT2D eigenvalue weighted by atomic mass is 16.3. The molecule has 1 heterocycles. The highest BCUT2D eigenvalue weighted by Crippen LogP contribution is 2.31. The predicted octanol–water partition coefficient (Wildman–Crippen LogP) is 0.513. The molecule has 1 aliphatic carbocycles. The van der Waals surface area contributed by atoms with Gasteiger partial charge in [0.15, 0.2) is 0 Å². The molecule has 96 valence electrons. The van der Waals surface area contributed by atoms with Crippen LogP contribution in [0.25, 0.3) is 0 Å². The lowest BCUT2D eigenvalue weighted by Crippen LogP contribution is -2.44. The predicted molar refractivity (Wildman–Crippen MR) is 68.1 cm³/mol. The first-order valence-electron chi connectivity index (χ1n) is 6.55. The van der Waals surface area contributed by atoms with Crippen molar-refractivity contribution < 1.29 is 9.90 Å². The second-order valence-corrected chi connectivity index (χ2v) is 5.11. The van der Waals surface area contributed by atoms with Crippen LogP contribution in [0, 0.1) is 0 Å². The van der Waals surface area contributed by atoms with Crippen molar-refractivity contribution in [3.63, 3.8) is 0 Å². The topological polar surface area (TPSA) is 61.4 Å². The lowest BCUT2D eigenvalue weighted by Gasteiger charge is -2.20. The van der Waals surface area contributed by atoms with Crippen LogP contribution in [0.15, 0.2) is 24.3 Å². The van der Waals surface area contributed by atoms with Gasteiger partial charge in [-0.15, -0.1) is 0 Å². The molecule has 0 saturated carbocycles. The van der Waals surface area contributed by atoms with E-state index in [0.717, 1.165) is 30.5 Å². The zero-order valence-corrected chi connectivity index (χ0v) is 10.2. The fourth-order valence-electron chi connectivity index (χ4n) is 2.91.